The lowest BCUT2D eigenvalue weighted by atomic mass is 9.99. The summed E-state index contributed by atoms with van der Waals surface area (Å²) in [5.41, 5.74) is 0.969. The molecule has 0 aromatic heterocycles. The highest BCUT2D eigenvalue weighted by Gasteiger charge is 2.33. The molecule has 2 aromatic carbocycles. The highest BCUT2D eigenvalue weighted by molar-refractivity contribution is 7.89. The summed E-state index contributed by atoms with van der Waals surface area (Å²) in [6, 6.07) is 11.3. The van der Waals surface area contributed by atoms with Gasteiger partial charge >= 0.3 is 0 Å². The van der Waals surface area contributed by atoms with Crippen LogP contribution in [0.2, 0.25) is 0 Å². The van der Waals surface area contributed by atoms with Crippen molar-refractivity contribution in [3.8, 4) is 0 Å². The Kier molecular flexibility index (Phi) is 6.29. The van der Waals surface area contributed by atoms with E-state index in [-0.39, 0.29) is 23.3 Å². The van der Waals surface area contributed by atoms with E-state index in [2.05, 4.69) is 10.6 Å². The third kappa shape index (κ3) is 5.18. The molecule has 2 aromatic rings. The van der Waals surface area contributed by atoms with E-state index in [1.54, 1.807) is 0 Å². The molecule has 3 rings (SSSR count). The molecule has 1 fully saturated rings. The second-order valence-corrected chi connectivity index (χ2v) is 8.84. The van der Waals surface area contributed by atoms with Crippen LogP contribution in [0.5, 0.6) is 0 Å². The molecule has 0 spiro atoms. The summed E-state index contributed by atoms with van der Waals surface area (Å²) in [5, 5.41) is 5.30. The molecule has 9 heteroatoms. The fraction of sp³-hybridized carbons (Fsp3) is 0.300. The van der Waals surface area contributed by atoms with Crippen molar-refractivity contribution < 1.29 is 22.4 Å². The molecule has 1 atom stereocenters. The lowest BCUT2D eigenvalue weighted by molar-refractivity contribution is -0.121. The minimum Gasteiger partial charge on any atom is -0.326 e. The Bertz CT molecular complexity index is 991. The Hall–Kier alpha value is -2.78. The van der Waals surface area contributed by atoms with E-state index in [0.29, 0.717) is 30.8 Å². The summed E-state index contributed by atoms with van der Waals surface area (Å²) in [4.78, 5) is 23.7. The number of hydrogen-bond donors (Lipinski definition) is 2. The van der Waals surface area contributed by atoms with E-state index in [4.69, 9.17) is 0 Å². The molecule has 0 bridgehead atoms. The lowest BCUT2D eigenvalue weighted by Gasteiger charge is -2.31. The van der Waals surface area contributed by atoms with Gasteiger partial charge in [0.25, 0.3) is 0 Å². The van der Waals surface area contributed by atoms with Gasteiger partial charge in [-0.25, -0.2) is 12.8 Å². The zero-order chi connectivity index (χ0) is 21.0. The number of anilines is 2. The van der Waals surface area contributed by atoms with Gasteiger partial charge in [-0.1, -0.05) is 0 Å². The first-order chi connectivity index (χ1) is 13.8. The summed E-state index contributed by atoms with van der Waals surface area (Å²) in [5.74, 6) is -1.44. The molecule has 0 saturated carbocycles. The first-order valence-electron chi connectivity index (χ1n) is 9.20. The van der Waals surface area contributed by atoms with Gasteiger partial charge in [-0.2, -0.15) is 4.31 Å². The number of piperidine rings is 1. The number of sulfonamides is 1. The van der Waals surface area contributed by atoms with Gasteiger partial charge in [0.15, 0.2) is 0 Å². The maximum Gasteiger partial charge on any atom is 0.243 e. The molecule has 1 heterocycles. The molecule has 1 unspecified atom stereocenters. The molecule has 1 saturated heterocycles. The predicted molar refractivity (Wildman–Crippen MR) is 107 cm³/mol. The van der Waals surface area contributed by atoms with Crippen molar-refractivity contribution in [2.45, 2.75) is 24.7 Å². The van der Waals surface area contributed by atoms with Crippen molar-refractivity contribution in [1.82, 2.24) is 4.31 Å². The van der Waals surface area contributed by atoms with Crippen LogP contribution in [0.15, 0.2) is 53.4 Å². The van der Waals surface area contributed by atoms with E-state index in [1.165, 1.54) is 59.8 Å². The molecule has 154 valence electrons. The van der Waals surface area contributed by atoms with Crippen LogP contribution in [0.4, 0.5) is 15.8 Å². The molecular weight excluding hydrogens is 397 g/mol. The number of nitrogens with zero attached hydrogens (tertiary/aromatic N) is 1. The molecule has 2 amide bonds. The van der Waals surface area contributed by atoms with Crippen molar-refractivity contribution in [2.24, 2.45) is 5.92 Å². The van der Waals surface area contributed by atoms with Crippen molar-refractivity contribution in [1.29, 1.82) is 0 Å². The SMILES string of the molecule is CC(=O)Nc1ccc(S(=O)(=O)N2CCCC(C(=O)Nc3ccc(F)cc3)C2)cc1. The highest BCUT2D eigenvalue weighted by atomic mass is 32.2. The quantitative estimate of drug-likeness (QED) is 0.779. The topological polar surface area (TPSA) is 95.6 Å². The zero-order valence-electron chi connectivity index (χ0n) is 15.9. The van der Waals surface area contributed by atoms with Crippen molar-refractivity contribution in [3.05, 3.63) is 54.3 Å². The van der Waals surface area contributed by atoms with Crippen LogP contribution < -0.4 is 10.6 Å². The summed E-state index contributed by atoms with van der Waals surface area (Å²) in [7, 11) is -3.76. The number of carbonyl (C=O) groups is 2. The van der Waals surface area contributed by atoms with Gasteiger partial charge in [-0.05, 0) is 61.4 Å². The Morgan fingerprint density at radius 2 is 1.59 bits per heavy atom. The summed E-state index contributed by atoms with van der Waals surface area (Å²) >= 11 is 0. The van der Waals surface area contributed by atoms with E-state index < -0.39 is 21.8 Å². The molecule has 7 nitrogen and oxygen atoms in total. The summed E-state index contributed by atoms with van der Waals surface area (Å²) in [6.45, 7) is 1.77. The minimum absolute atomic E-state index is 0.0722. The minimum atomic E-state index is -3.76. The maximum atomic E-state index is 13.0. The standard InChI is InChI=1S/C20H22FN3O4S/c1-14(25)22-17-8-10-19(11-9-17)29(27,28)24-12-2-3-15(13-24)20(26)23-18-6-4-16(21)5-7-18/h4-11,15H,2-3,12-13H2,1H3,(H,22,25)(H,23,26). The van der Waals surface area contributed by atoms with Crippen LogP contribution in [0.3, 0.4) is 0 Å². The molecule has 29 heavy (non-hydrogen) atoms. The van der Waals surface area contributed by atoms with Crippen LogP contribution in [0.1, 0.15) is 19.8 Å². The van der Waals surface area contributed by atoms with Gasteiger partial charge in [0.05, 0.1) is 10.8 Å². The van der Waals surface area contributed by atoms with E-state index in [0.717, 1.165) is 0 Å². The molecule has 2 N–H and O–H groups in total. The van der Waals surface area contributed by atoms with E-state index in [1.807, 2.05) is 0 Å². The number of nitrogens with one attached hydrogen (secondary N) is 2. The Labute approximate surface area is 169 Å². The number of amides is 2. The van der Waals surface area contributed by atoms with Crippen LogP contribution in [-0.4, -0.2) is 37.6 Å². The monoisotopic (exact) mass is 419 g/mol. The van der Waals surface area contributed by atoms with Crippen LogP contribution in [-0.2, 0) is 19.6 Å². The summed E-state index contributed by atoms with van der Waals surface area (Å²) < 4.78 is 40.2. The largest absolute Gasteiger partial charge is 0.326 e. The maximum absolute atomic E-state index is 13.0. The number of halogens is 1. The van der Waals surface area contributed by atoms with Crippen LogP contribution >= 0.6 is 0 Å². The van der Waals surface area contributed by atoms with Crippen LogP contribution in [0.25, 0.3) is 0 Å². The van der Waals surface area contributed by atoms with Gasteiger partial charge in [0, 0.05) is 31.4 Å². The first-order valence-corrected chi connectivity index (χ1v) is 10.6. The fourth-order valence-electron chi connectivity index (χ4n) is 3.21. The average Bonchev–Trinajstić information content (AvgIpc) is 2.70. The number of benzene rings is 2. The number of rotatable bonds is 5. The zero-order valence-corrected chi connectivity index (χ0v) is 16.7. The van der Waals surface area contributed by atoms with E-state index >= 15 is 0 Å². The molecule has 0 aliphatic carbocycles. The fourth-order valence-corrected chi connectivity index (χ4v) is 4.74. The second-order valence-electron chi connectivity index (χ2n) is 6.90. The van der Waals surface area contributed by atoms with E-state index in [9.17, 15) is 22.4 Å². The lowest BCUT2D eigenvalue weighted by Crippen LogP contribution is -2.43. The Balaban J connectivity index is 1.69. The van der Waals surface area contributed by atoms with Gasteiger partial charge in [0.2, 0.25) is 21.8 Å². The number of carbonyl (C=O) groups excluding carboxylic acids is 2. The van der Waals surface area contributed by atoms with Gasteiger partial charge < -0.3 is 10.6 Å². The predicted octanol–water partition coefficient (Wildman–Crippen LogP) is 2.82. The molecular formula is C20H22FN3O4S. The van der Waals surface area contributed by atoms with Crippen molar-refractivity contribution in [2.75, 3.05) is 23.7 Å². The van der Waals surface area contributed by atoms with Gasteiger partial charge in [-0.15, -0.1) is 0 Å². The third-order valence-corrected chi connectivity index (χ3v) is 6.56. The second kappa shape index (κ2) is 8.71. The van der Waals surface area contributed by atoms with Crippen molar-refractivity contribution in [3.63, 3.8) is 0 Å². The molecule has 0 radical (unpaired) electrons. The smallest absolute Gasteiger partial charge is 0.243 e. The summed E-state index contributed by atoms with van der Waals surface area (Å²) in [6.07, 6.45) is 1.13. The highest BCUT2D eigenvalue weighted by Crippen LogP contribution is 2.25. The average molecular weight is 419 g/mol. The molecule has 1 aliphatic rings. The van der Waals surface area contributed by atoms with Gasteiger partial charge in [0.1, 0.15) is 5.82 Å². The normalized spacial score (nSPS) is 17.5. The Morgan fingerprint density at radius 3 is 2.21 bits per heavy atom. The van der Waals surface area contributed by atoms with Crippen molar-refractivity contribution >= 4 is 33.2 Å². The Morgan fingerprint density at radius 1 is 1.00 bits per heavy atom. The van der Waals surface area contributed by atoms with Gasteiger partial charge in [-0.3, -0.25) is 9.59 Å². The third-order valence-electron chi connectivity index (χ3n) is 4.68. The first kappa shape index (κ1) is 20.9. The number of hydrogen-bond acceptors (Lipinski definition) is 4. The molecule has 1 aliphatic heterocycles. The van der Waals surface area contributed by atoms with Crippen LogP contribution in [0, 0.1) is 11.7 Å².